The molecule has 0 fully saturated rings. The lowest BCUT2D eigenvalue weighted by Crippen LogP contribution is -2.11. The van der Waals surface area contributed by atoms with E-state index in [2.05, 4.69) is 0 Å². The van der Waals surface area contributed by atoms with Gasteiger partial charge in [0.25, 0.3) is 0 Å². The molecule has 0 spiro atoms. The van der Waals surface area contributed by atoms with Crippen LogP contribution in [0.4, 0.5) is 22.0 Å². The molecule has 0 saturated carbocycles. The number of allylic oxidation sites excluding steroid dienone is 1. The van der Waals surface area contributed by atoms with Crippen molar-refractivity contribution in [3.63, 3.8) is 0 Å². The zero-order chi connectivity index (χ0) is 27.3. The van der Waals surface area contributed by atoms with E-state index in [1.165, 1.54) is 18.2 Å². The molecule has 0 unspecified atom stereocenters. The fourth-order valence-corrected chi connectivity index (χ4v) is 4.48. The smallest absolute Gasteiger partial charge is 0.207 e. The molecule has 4 rings (SSSR count). The number of rotatable bonds is 8. The van der Waals surface area contributed by atoms with Gasteiger partial charge in [-0.1, -0.05) is 98.8 Å². The second kappa shape index (κ2) is 11.8. The van der Waals surface area contributed by atoms with Crippen LogP contribution in [0.25, 0.3) is 28.3 Å². The lowest BCUT2D eigenvalue weighted by molar-refractivity contribution is -0.140. The van der Waals surface area contributed by atoms with Gasteiger partial charge in [-0.3, -0.25) is 0 Å². The van der Waals surface area contributed by atoms with E-state index in [-0.39, 0.29) is 16.9 Å². The molecule has 0 aliphatic heterocycles. The van der Waals surface area contributed by atoms with Crippen LogP contribution in [0.5, 0.6) is 0 Å². The summed E-state index contributed by atoms with van der Waals surface area (Å²) in [5.74, 6) is -1.44. The number of benzene rings is 4. The second-order valence-corrected chi connectivity index (χ2v) is 9.25. The summed E-state index contributed by atoms with van der Waals surface area (Å²) in [5, 5.41) is 0. The first-order chi connectivity index (χ1) is 18.2. The first-order valence-corrected chi connectivity index (χ1v) is 12.7. The Labute approximate surface area is 220 Å². The van der Waals surface area contributed by atoms with E-state index in [0.717, 1.165) is 28.7 Å². The van der Waals surface area contributed by atoms with Gasteiger partial charge in [0.15, 0.2) is 0 Å². The number of hydrogen-bond donors (Lipinski definition) is 0. The Bertz CT molecular complexity index is 1410. The maximum atomic E-state index is 15.1. The van der Waals surface area contributed by atoms with E-state index < -0.39 is 17.6 Å². The lowest BCUT2D eigenvalue weighted by Gasteiger charge is -2.15. The van der Waals surface area contributed by atoms with Crippen molar-refractivity contribution in [2.75, 3.05) is 0 Å². The Kier molecular flexibility index (Phi) is 8.45. The predicted octanol–water partition coefficient (Wildman–Crippen LogP) is 10.1. The number of alkyl halides is 3. The third kappa shape index (κ3) is 6.21. The highest BCUT2D eigenvalue weighted by Crippen LogP contribution is 2.39. The Balaban J connectivity index is 1.51. The summed E-state index contributed by atoms with van der Waals surface area (Å²) in [4.78, 5) is 0. The van der Waals surface area contributed by atoms with Crippen molar-refractivity contribution in [2.24, 2.45) is 0 Å². The minimum absolute atomic E-state index is 0.0907. The van der Waals surface area contributed by atoms with Crippen LogP contribution in [0.15, 0.2) is 84.9 Å². The van der Waals surface area contributed by atoms with Crippen LogP contribution in [-0.2, 0) is 25.4 Å². The van der Waals surface area contributed by atoms with Crippen LogP contribution in [0, 0.1) is 11.6 Å². The highest BCUT2D eigenvalue weighted by molar-refractivity contribution is 5.73. The number of aryl methyl sites for hydroxylation is 3. The van der Waals surface area contributed by atoms with Gasteiger partial charge in [-0.25, -0.2) is 8.78 Å². The molecule has 4 aromatic carbocycles. The first-order valence-electron chi connectivity index (χ1n) is 12.7. The topological polar surface area (TPSA) is 0 Å². The summed E-state index contributed by atoms with van der Waals surface area (Å²) in [6, 6.07) is 22.8. The van der Waals surface area contributed by atoms with Crippen molar-refractivity contribution < 1.29 is 22.0 Å². The summed E-state index contributed by atoms with van der Waals surface area (Å²) >= 11 is 0. The molecular weight excluding hydrogens is 491 g/mol. The van der Waals surface area contributed by atoms with Gasteiger partial charge >= 0.3 is 6.18 Å². The predicted molar refractivity (Wildman–Crippen MR) is 145 cm³/mol. The van der Waals surface area contributed by atoms with Gasteiger partial charge in [-0.2, -0.15) is 13.2 Å². The van der Waals surface area contributed by atoms with Gasteiger partial charge in [0, 0.05) is 5.56 Å². The van der Waals surface area contributed by atoms with Crippen molar-refractivity contribution in [2.45, 2.75) is 45.7 Å². The highest BCUT2D eigenvalue weighted by atomic mass is 19.4. The molecule has 0 heterocycles. The quantitative estimate of drug-likeness (QED) is 0.203. The maximum absolute atomic E-state index is 15.1. The Morgan fingerprint density at radius 1 is 0.684 bits per heavy atom. The van der Waals surface area contributed by atoms with Crippen LogP contribution in [0.1, 0.15) is 48.1 Å². The molecule has 0 N–H and O–H groups in total. The standard InChI is InChI=1S/C33H29F5/c1-3-5-6-28-19-20-29(32(35)31(28)33(36,37)38)26-17-15-25(16-18-26)24-11-8-23(9-12-24)10-14-27-13-7-22(4-2)21-30(27)34/h5-9,11-13,15-21H,3-4,10,14H2,1-2H3/b6-5+. The summed E-state index contributed by atoms with van der Waals surface area (Å²) in [7, 11) is 0. The maximum Gasteiger partial charge on any atom is 0.419 e. The largest absolute Gasteiger partial charge is 0.419 e. The van der Waals surface area contributed by atoms with Crippen molar-refractivity contribution in [1.82, 2.24) is 0 Å². The molecule has 0 aliphatic rings. The average molecular weight is 521 g/mol. The van der Waals surface area contributed by atoms with Crippen molar-refractivity contribution in [3.8, 4) is 22.3 Å². The van der Waals surface area contributed by atoms with Crippen molar-refractivity contribution in [1.29, 1.82) is 0 Å². The van der Waals surface area contributed by atoms with Crippen molar-refractivity contribution in [3.05, 3.63) is 124 Å². The van der Waals surface area contributed by atoms with E-state index in [4.69, 9.17) is 0 Å². The van der Waals surface area contributed by atoms with Crippen molar-refractivity contribution >= 4 is 6.08 Å². The van der Waals surface area contributed by atoms with E-state index >= 15 is 4.39 Å². The fourth-order valence-electron chi connectivity index (χ4n) is 4.48. The zero-order valence-corrected chi connectivity index (χ0v) is 21.4. The van der Waals surface area contributed by atoms with Gasteiger partial charge < -0.3 is 0 Å². The van der Waals surface area contributed by atoms with Crippen LogP contribution >= 0.6 is 0 Å². The highest BCUT2D eigenvalue weighted by Gasteiger charge is 2.37. The molecule has 0 aromatic heterocycles. The Morgan fingerprint density at radius 2 is 1.29 bits per heavy atom. The molecule has 5 heteroatoms. The molecule has 4 aromatic rings. The van der Waals surface area contributed by atoms with Gasteiger partial charge in [-0.05, 0) is 70.7 Å². The SMILES string of the molecule is CC/C=C/c1ccc(-c2ccc(-c3ccc(CCc4ccc(CC)cc4F)cc3)cc2)c(F)c1C(F)(F)F. The van der Waals surface area contributed by atoms with Crippen LogP contribution in [0.3, 0.4) is 0 Å². The van der Waals surface area contributed by atoms with Gasteiger partial charge in [0.1, 0.15) is 11.6 Å². The molecule has 0 amide bonds. The summed E-state index contributed by atoms with van der Waals surface area (Å²) in [6.45, 7) is 3.80. The van der Waals surface area contributed by atoms with E-state index in [1.807, 2.05) is 43.3 Å². The van der Waals surface area contributed by atoms with E-state index in [9.17, 15) is 17.6 Å². The fraction of sp³-hybridized carbons (Fsp3) is 0.212. The molecule has 38 heavy (non-hydrogen) atoms. The van der Waals surface area contributed by atoms with Gasteiger partial charge in [0.2, 0.25) is 0 Å². The normalized spacial score (nSPS) is 11.9. The average Bonchev–Trinajstić information content (AvgIpc) is 2.91. The van der Waals surface area contributed by atoms with Crippen LogP contribution in [-0.4, -0.2) is 0 Å². The zero-order valence-electron chi connectivity index (χ0n) is 21.4. The van der Waals surface area contributed by atoms with E-state index in [0.29, 0.717) is 30.4 Å². The molecule has 0 radical (unpaired) electrons. The monoisotopic (exact) mass is 520 g/mol. The number of halogens is 5. The minimum Gasteiger partial charge on any atom is -0.207 e. The third-order valence-electron chi connectivity index (χ3n) is 6.68. The molecular formula is C33H29F5. The Hall–Kier alpha value is -3.73. The molecule has 0 aliphatic carbocycles. The number of hydrogen-bond acceptors (Lipinski definition) is 0. The minimum atomic E-state index is -4.81. The third-order valence-corrected chi connectivity index (χ3v) is 6.68. The Morgan fingerprint density at radius 3 is 1.87 bits per heavy atom. The summed E-state index contributed by atoms with van der Waals surface area (Å²) < 4.78 is 70.3. The molecule has 196 valence electrons. The molecule has 0 bridgehead atoms. The van der Waals surface area contributed by atoms with Crippen LogP contribution < -0.4 is 0 Å². The molecule has 0 nitrogen and oxygen atoms in total. The molecule has 0 saturated heterocycles. The van der Waals surface area contributed by atoms with E-state index in [1.54, 1.807) is 43.3 Å². The van der Waals surface area contributed by atoms with Crippen LogP contribution in [0.2, 0.25) is 0 Å². The second-order valence-electron chi connectivity index (χ2n) is 9.25. The summed E-state index contributed by atoms with van der Waals surface area (Å²) in [6.07, 6.45) is 0.724. The first kappa shape index (κ1) is 27.3. The molecule has 0 atom stereocenters. The summed E-state index contributed by atoms with van der Waals surface area (Å²) in [5.41, 5.74) is 3.38. The lowest BCUT2D eigenvalue weighted by atomic mass is 9.95. The van der Waals surface area contributed by atoms with Gasteiger partial charge in [-0.15, -0.1) is 0 Å². The van der Waals surface area contributed by atoms with Gasteiger partial charge in [0.05, 0.1) is 5.56 Å².